The molecule has 0 fully saturated rings. The summed E-state index contributed by atoms with van der Waals surface area (Å²) in [7, 11) is 1.27. The second-order valence-corrected chi connectivity index (χ2v) is 4.51. The van der Waals surface area contributed by atoms with Gasteiger partial charge in [-0.25, -0.2) is 4.79 Å². The van der Waals surface area contributed by atoms with Crippen LogP contribution in [-0.4, -0.2) is 25.6 Å². The Hall–Kier alpha value is -2.30. The van der Waals surface area contributed by atoms with E-state index >= 15 is 0 Å². The fourth-order valence-electron chi connectivity index (χ4n) is 1.64. The molecule has 0 aliphatic heterocycles. The second-order valence-electron chi connectivity index (χ2n) is 4.51. The number of carbonyl (C=O) groups is 2. The fourth-order valence-corrected chi connectivity index (χ4v) is 1.64. The van der Waals surface area contributed by atoms with Gasteiger partial charge >= 0.3 is 5.97 Å². The molecule has 21 heavy (non-hydrogen) atoms. The molecule has 0 radical (unpaired) electrons. The molecule has 114 valence electrons. The van der Waals surface area contributed by atoms with Crippen LogP contribution in [0.1, 0.15) is 32.3 Å². The van der Waals surface area contributed by atoms with Crippen LogP contribution in [0.25, 0.3) is 6.08 Å². The molecule has 5 nitrogen and oxygen atoms in total. The number of rotatable bonds is 7. The number of hydrogen-bond acceptors (Lipinski definition) is 4. The highest BCUT2D eigenvalue weighted by molar-refractivity contribution is 5.97. The van der Waals surface area contributed by atoms with E-state index in [1.807, 2.05) is 18.2 Å². The molecule has 1 aromatic carbocycles. The van der Waals surface area contributed by atoms with Crippen LogP contribution in [0.15, 0.2) is 30.0 Å². The maximum absolute atomic E-state index is 11.6. The van der Waals surface area contributed by atoms with Gasteiger partial charge in [-0.15, -0.1) is 0 Å². The van der Waals surface area contributed by atoms with E-state index in [4.69, 9.17) is 4.74 Å². The molecule has 0 atom stereocenters. The molecule has 0 unspecified atom stereocenters. The summed E-state index contributed by atoms with van der Waals surface area (Å²) in [5.74, 6) is -0.200. The molecular formula is C16H21NO4. The molecule has 0 aliphatic rings. The van der Waals surface area contributed by atoms with Crippen molar-refractivity contribution in [2.24, 2.45) is 0 Å². The van der Waals surface area contributed by atoms with E-state index < -0.39 is 5.97 Å². The Labute approximate surface area is 124 Å². The molecular weight excluding hydrogens is 270 g/mol. The summed E-state index contributed by atoms with van der Waals surface area (Å²) in [6.07, 6.45) is 3.61. The third-order valence-corrected chi connectivity index (χ3v) is 2.65. The monoisotopic (exact) mass is 291 g/mol. The molecule has 0 spiro atoms. The summed E-state index contributed by atoms with van der Waals surface area (Å²) in [6, 6.07) is 7.30. The highest BCUT2D eigenvalue weighted by Gasteiger charge is 2.11. The Morgan fingerprint density at radius 3 is 2.71 bits per heavy atom. The maximum Gasteiger partial charge on any atom is 0.354 e. The molecule has 1 amide bonds. The van der Waals surface area contributed by atoms with Crippen molar-refractivity contribution in [2.75, 3.05) is 13.7 Å². The number of nitrogens with one attached hydrogen (secondary N) is 1. The van der Waals surface area contributed by atoms with E-state index in [9.17, 15) is 9.59 Å². The lowest BCUT2D eigenvalue weighted by Gasteiger charge is -2.08. The zero-order chi connectivity index (χ0) is 15.7. The van der Waals surface area contributed by atoms with Crippen molar-refractivity contribution in [3.63, 3.8) is 0 Å². The van der Waals surface area contributed by atoms with Crippen LogP contribution in [0.3, 0.4) is 0 Å². The third kappa shape index (κ3) is 6.12. The average molecular weight is 291 g/mol. The van der Waals surface area contributed by atoms with Crippen LogP contribution in [-0.2, 0) is 14.3 Å². The van der Waals surface area contributed by atoms with E-state index in [0.717, 1.165) is 24.2 Å². The highest BCUT2D eigenvalue weighted by Crippen LogP contribution is 2.16. The van der Waals surface area contributed by atoms with Gasteiger partial charge in [-0.05, 0) is 30.2 Å². The van der Waals surface area contributed by atoms with Gasteiger partial charge in [0.25, 0.3) is 0 Å². The number of unbranched alkanes of at least 4 members (excludes halogenated alkanes) is 1. The number of methoxy groups -OCH3 is 1. The van der Waals surface area contributed by atoms with Crippen LogP contribution in [0, 0.1) is 0 Å². The topological polar surface area (TPSA) is 64.6 Å². The summed E-state index contributed by atoms with van der Waals surface area (Å²) in [4.78, 5) is 22.7. The minimum absolute atomic E-state index is 0.0932. The molecule has 1 aromatic rings. The van der Waals surface area contributed by atoms with Gasteiger partial charge in [-0.1, -0.05) is 25.5 Å². The summed E-state index contributed by atoms with van der Waals surface area (Å²) < 4.78 is 10.2. The summed E-state index contributed by atoms with van der Waals surface area (Å²) in [5, 5.41) is 2.46. The fraction of sp³-hybridized carbons (Fsp3) is 0.375. The quantitative estimate of drug-likeness (QED) is 0.476. The first-order chi connectivity index (χ1) is 10.1. The zero-order valence-corrected chi connectivity index (χ0v) is 12.6. The number of amides is 1. The average Bonchev–Trinajstić information content (AvgIpc) is 2.46. The van der Waals surface area contributed by atoms with Crippen molar-refractivity contribution in [2.45, 2.75) is 26.7 Å². The lowest BCUT2D eigenvalue weighted by Crippen LogP contribution is -2.25. The van der Waals surface area contributed by atoms with Crippen molar-refractivity contribution in [3.8, 4) is 5.75 Å². The smallest absolute Gasteiger partial charge is 0.354 e. The zero-order valence-electron chi connectivity index (χ0n) is 12.6. The summed E-state index contributed by atoms with van der Waals surface area (Å²) >= 11 is 0. The largest absolute Gasteiger partial charge is 0.494 e. The molecule has 0 saturated carbocycles. The normalized spacial score (nSPS) is 10.9. The van der Waals surface area contributed by atoms with Crippen LogP contribution in [0.4, 0.5) is 0 Å². The first-order valence-electron chi connectivity index (χ1n) is 6.87. The second kappa shape index (κ2) is 8.79. The van der Waals surface area contributed by atoms with E-state index in [1.54, 1.807) is 12.1 Å². The number of carbonyl (C=O) groups excluding carboxylic acids is 2. The number of esters is 1. The Kier molecular flexibility index (Phi) is 7.01. The van der Waals surface area contributed by atoms with Crippen molar-refractivity contribution in [1.82, 2.24) is 5.32 Å². The minimum atomic E-state index is -0.595. The lowest BCUT2D eigenvalue weighted by molar-refractivity contribution is -0.137. The minimum Gasteiger partial charge on any atom is -0.494 e. The van der Waals surface area contributed by atoms with Crippen molar-refractivity contribution in [1.29, 1.82) is 0 Å². The van der Waals surface area contributed by atoms with E-state index in [-0.39, 0.29) is 11.6 Å². The molecule has 0 saturated heterocycles. The highest BCUT2D eigenvalue weighted by atomic mass is 16.5. The van der Waals surface area contributed by atoms with Crippen molar-refractivity contribution >= 4 is 18.0 Å². The Balaban J connectivity index is 2.90. The van der Waals surface area contributed by atoms with Crippen molar-refractivity contribution in [3.05, 3.63) is 35.5 Å². The molecule has 0 aromatic heterocycles. The number of hydrogen-bond donors (Lipinski definition) is 1. The van der Waals surface area contributed by atoms with Gasteiger partial charge in [0, 0.05) is 6.92 Å². The third-order valence-electron chi connectivity index (χ3n) is 2.65. The van der Waals surface area contributed by atoms with Gasteiger partial charge in [-0.2, -0.15) is 0 Å². The van der Waals surface area contributed by atoms with Gasteiger partial charge in [0.2, 0.25) is 5.91 Å². The molecule has 0 aliphatic carbocycles. The predicted molar refractivity (Wildman–Crippen MR) is 80.7 cm³/mol. The first-order valence-corrected chi connectivity index (χ1v) is 6.87. The first kappa shape index (κ1) is 16.8. The number of benzene rings is 1. The molecule has 0 heterocycles. The Bertz CT molecular complexity index is 523. The van der Waals surface area contributed by atoms with Gasteiger partial charge in [0.1, 0.15) is 11.4 Å². The van der Waals surface area contributed by atoms with E-state index in [0.29, 0.717) is 6.61 Å². The lowest BCUT2D eigenvalue weighted by atomic mass is 10.2. The molecule has 0 bridgehead atoms. The molecule has 1 rings (SSSR count). The van der Waals surface area contributed by atoms with E-state index in [2.05, 4.69) is 17.0 Å². The van der Waals surface area contributed by atoms with Crippen LogP contribution in [0.2, 0.25) is 0 Å². The predicted octanol–water partition coefficient (Wildman–Crippen LogP) is 2.52. The van der Waals surface area contributed by atoms with Gasteiger partial charge in [0.15, 0.2) is 0 Å². The van der Waals surface area contributed by atoms with Crippen molar-refractivity contribution < 1.29 is 19.1 Å². The SMILES string of the molecule is CCCCOc1cccc(/C=C(\NC(C)=O)C(=O)OC)c1. The Morgan fingerprint density at radius 1 is 1.33 bits per heavy atom. The summed E-state index contributed by atoms with van der Waals surface area (Å²) in [5.41, 5.74) is 0.842. The van der Waals surface area contributed by atoms with Gasteiger partial charge < -0.3 is 14.8 Å². The standard InChI is InChI=1S/C16H21NO4/c1-4-5-9-21-14-8-6-7-13(10-14)11-15(16(19)20-3)17-12(2)18/h6-8,10-11H,4-5,9H2,1-3H3,(H,17,18)/b15-11-. The maximum atomic E-state index is 11.6. The van der Waals surface area contributed by atoms with Crippen LogP contribution < -0.4 is 10.1 Å². The molecule has 5 heteroatoms. The summed E-state index contributed by atoms with van der Waals surface area (Å²) in [6.45, 7) is 4.08. The molecule has 1 N–H and O–H groups in total. The van der Waals surface area contributed by atoms with Gasteiger partial charge in [-0.3, -0.25) is 4.79 Å². The van der Waals surface area contributed by atoms with E-state index in [1.165, 1.54) is 14.0 Å². The van der Waals surface area contributed by atoms with Crippen LogP contribution in [0.5, 0.6) is 5.75 Å². The van der Waals surface area contributed by atoms with Gasteiger partial charge in [0.05, 0.1) is 13.7 Å². The Morgan fingerprint density at radius 2 is 2.10 bits per heavy atom. The number of ether oxygens (including phenoxy) is 2. The van der Waals surface area contributed by atoms with Crippen LogP contribution >= 0.6 is 0 Å².